The molecular weight excluding hydrogens is 217 g/mol. The standard InChI is InChI=1S/C6H7F3N4O2/c1-2-15-5(14)11-4-10-3(12-13-4)6(7,8)9/h2H2,1H3,(H2,10,11,12,13,14). The van der Waals surface area contributed by atoms with Gasteiger partial charge < -0.3 is 4.74 Å². The molecule has 84 valence electrons. The number of nitrogens with one attached hydrogen (secondary N) is 2. The molecule has 0 spiro atoms. The van der Waals surface area contributed by atoms with Crippen LogP contribution in [0, 0.1) is 0 Å². The van der Waals surface area contributed by atoms with Gasteiger partial charge in [0.15, 0.2) is 0 Å². The first-order chi connectivity index (χ1) is 6.93. The van der Waals surface area contributed by atoms with Crippen LogP contribution in [0.2, 0.25) is 0 Å². The molecule has 0 radical (unpaired) electrons. The highest BCUT2D eigenvalue weighted by Crippen LogP contribution is 2.26. The van der Waals surface area contributed by atoms with E-state index < -0.39 is 24.0 Å². The molecule has 9 heteroatoms. The van der Waals surface area contributed by atoms with Crippen LogP contribution in [-0.2, 0) is 10.9 Å². The van der Waals surface area contributed by atoms with Crippen molar-refractivity contribution in [2.75, 3.05) is 11.9 Å². The third kappa shape index (κ3) is 3.11. The average Bonchev–Trinajstić information content (AvgIpc) is 2.52. The number of carbonyl (C=O) groups is 1. The Labute approximate surface area is 81.8 Å². The molecule has 0 fully saturated rings. The molecule has 0 saturated carbocycles. The SMILES string of the molecule is CCOC(=O)Nc1n[nH]c(C(F)(F)F)n1. The lowest BCUT2D eigenvalue weighted by Gasteiger charge is -2.00. The van der Waals surface area contributed by atoms with Crippen LogP contribution in [0.4, 0.5) is 23.9 Å². The summed E-state index contributed by atoms with van der Waals surface area (Å²) in [4.78, 5) is 13.8. The van der Waals surface area contributed by atoms with E-state index in [2.05, 4.69) is 14.8 Å². The second-order valence-electron chi connectivity index (χ2n) is 2.35. The third-order valence-electron chi connectivity index (χ3n) is 1.24. The lowest BCUT2D eigenvalue weighted by molar-refractivity contribution is -0.144. The summed E-state index contributed by atoms with van der Waals surface area (Å²) in [7, 11) is 0. The number of alkyl halides is 3. The van der Waals surface area contributed by atoms with Crippen molar-refractivity contribution in [3.8, 4) is 0 Å². The number of amides is 1. The van der Waals surface area contributed by atoms with Gasteiger partial charge in [-0.2, -0.15) is 18.2 Å². The largest absolute Gasteiger partial charge is 0.451 e. The number of nitrogens with zero attached hydrogens (tertiary/aromatic N) is 2. The van der Waals surface area contributed by atoms with E-state index in [-0.39, 0.29) is 6.61 Å². The Hall–Kier alpha value is -1.80. The van der Waals surface area contributed by atoms with Crippen LogP contribution in [-0.4, -0.2) is 27.9 Å². The summed E-state index contributed by atoms with van der Waals surface area (Å²) in [6, 6.07) is 0. The fourth-order valence-electron chi connectivity index (χ4n) is 0.703. The van der Waals surface area contributed by atoms with E-state index in [0.29, 0.717) is 0 Å². The Morgan fingerprint density at radius 2 is 2.27 bits per heavy atom. The molecule has 0 aliphatic heterocycles. The molecule has 0 aliphatic carbocycles. The predicted octanol–water partition coefficient (Wildman–Crippen LogP) is 1.39. The first kappa shape index (κ1) is 11.3. The maximum atomic E-state index is 12.0. The average molecular weight is 224 g/mol. The maximum absolute atomic E-state index is 12.0. The van der Waals surface area contributed by atoms with Crippen molar-refractivity contribution < 1.29 is 22.7 Å². The van der Waals surface area contributed by atoms with Crippen LogP contribution in [0.1, 0.15) is 12.7 Å². The Kier molecular flexibility index (Phi) is 3.12. The van der Waals surface area contributed by atoms with Gasteiger partial charge in [0.05, 0.1) is 6.61 Å². The zero-order valence-corrected chi connectivity index (χ0v) is 7.55. The molecule has 2 N–H and O–H groups in total. The van der Waals surface area contributed by atoms with Gasteiger partial charge in [-0.3, -0.25) is 10.4 Å². The minimum Gasteiger partial charge on any atom is -0.450 e. The van der Waals surface area contributed by atoms with Gasteiger partial charge in [-0.05, 0) is 6.92 Å². The van der Waals surface area contributed by atoms with Gasteiger partial charge in [0.2, 0.25) is 5.82 Å². The molecule has 15 heavy (non-hydrogen) atoms. The highest BCUT2D eigenvalue weighted by Gasteiger charge is 2.35. The van der Waals surface area contributed by atoms with Crippen molar-refractivity contribution in [3.63, 3.8) is 0 Å². The monoisotopic (exact) mass is 224 g/mol. The molecule has 0 aromatic carbocycles. The smallest absolute Gasteiger partial charge is 0.450 e. The highest BCUT2D eigenvalue weighted by molar-refractivity contribution is 5.82. The number of hydrogen-bond acceptors (Lipinski definition) is 4. The van der Waals surface area contributed by atoms with Gasteiger partial charge in [0, 0.05) is 0 Å². The first-order valence-corrected chi connectivity index (χ1v) is 3.87. The fourth-order valence-corrected chi connectivity index (χ4v) is 0.703. The quantitative estimate of drug-likeness (QED) is 0.795. The summed E-state index contributed by atoms with van der Waals surface area (Å²) in [5.74, 6) is -1.77. The van der Waals surface area contributed by atoms with E-state index in [4.69, 9.17) is 0 Å². The normalized spacial score (nSPS) is 11.2. The number of carbonyl (C=O) groups excluding carboxylic acids is 1. The third-order valence-corrected chi connectivity index (χ3v) is 1.24. The van der Waals surface area contributed by atoms with Crippen LogP contribution >= 0.6 is 0 Å². The summed E-state index contributed by atoms with van der Waals surface area (Å²) in [5, 5.41) is 6.69. The molecule has 0 bridgehead atoms. The van der Waals surface area contributed by atoms with Gasteiger partial charge in [-0.1, -0.05) is 0 Å². The van der Waals surface area contributed by atoms with Crippen LogP contribution in [0.25, 0.3) is 0 Å². The molecule has 1 aromatic heterocycles. The number of H-pyrrole nitrogens is 1. The molecule has 6 nitrogen and oxygen atoms in total. The van der Waals surface area contributed by atoms with Crippen molar-refractivity contribution in [1.82, 2.24) is 15.2 Å². The molecule has 0 saturated heterocycles. The second kappa shape index (κ2) is 4.15. The Bertz CT molecular complexity index is 348. The zero-order chi connectivity index (χ0) is 11.5. The van der Waals surface area contributed by atoms with Gasteiger partial charge in [-0.15, -0.1) is 5.10 Å². The van der Waals surface area contributed by atoms with Crippen LogP contribution < -0.4 is 5.32 Å². The van der Waals surface area contributed by atoms with E-state index in [9.17, 15) is 18.0 Å². The summed E-state index contributed by atoms with van der Waals surface area (Å²) in [6.07, 6.45) is -5.54. The van der Waals surface area contributed by atoms with Gasteiger partial charge >= 0.3 is 12.3 Å². The van der Waals surface area contributed by atoms with Crippen LogP contribution in [0.15, 0.2) is 0 Å². The Balaban J connectivity index is 2.65. The lowest BCUT2D eigenvalue weighted by atomic mass is 10.6. The highest BCUT2D eigenvalue weighted by atomic mass is 19.4. The van der Waals surface area contributed by atoms with E-state index in [0.717, 1.165) is 0 Å². The van der Waals surface area contributed by atoms with E-state index in [1.54, 1.807) is 12.0 Å². The minimum absolute atomic E-state index is 0.0996. The first-order valence-electron chi connectivity index (χ1n) is 3.87. The molecule has 1 amide bonds. The summed E-state index contributed by atoms with van der Waals surface area (Å²) in [6.45, 7) is 1.65. The van der Waals surface area contributed by atoms with Crippen molar-refractivity contribution in [1.29, 1.82) is 0 Å². The summed E-state index contributed by atoms with van der Waals surface area (Å²) >= 11 is 0. The number of halogens is 3. The summed E-state index contributed by atoms with van der Waals surface area (Å²) < 4.78 is 40.4. The molecule has 0 unspecified atom stereocenters. The number of rotatable bonds is 2. The molecular formula is C6H7F3N4O2. The van der Waals surface area contributed by atoms with Crippen LogP contribution in [0.3, 0.4) is 0 Å². The van der Waals surface area contributed by atoms with Gasteiger partial charge in [-0.25, -0.2) is 4.79 Å². The van der Waals surface area contributed by atoms with Crippen LogP contribution in [0.5, 0.6) is 0 Å². The number of aromatic amines is 1. The number of aromatic nitrogens is 3. The maximum Gasteiger partial charge on any atom is 0.451 e. The van der Waals surface area contributed by atoms with Crippen molar-refractivity contribution >= 4 is 12.0 Å². The fraction of sp³-hybridized carbons (Fsp3) is 0.500. The van der Waals surface area contributed by atoms with Crippen molar-refractivity contribution in [2.24, 2.45) is 0 Å². The van der Waals surface area contributed by atoms with E-state index in [1.165, 1.54) is 0 Å². The van der Waals surface area contributed by atoms with E-state index in [1.807, 2.05) is 5.32 Å². The van der Waals surface area contributed by atoms with Crippen molar-refractivity contribution in [3.05, 3.63) is 5.82 Å². The number of ether oxygens (including phenoxy) is 1. The Morgan fingerprint density at radius 1 is 1.60 bits per heavy atom. The Morgan fingerprint density at radius 3 is 2.73 bits per heavy atom. The number of anilines is 1. The molecule has 1 rings (SSSR count). The van der Waals surface area contributed by atoms with E-state index >= 15 is 0 Å². The molecule has 0 atom stereocenters. The number of hydrogen-bond donors (Lipinski definition) is 2. The van der Waals surface area contributed by atoms with Crippen molar-refractivity contribution in [2.45, 2.75) is 13.1 Å². The molecule has 1 heterocycles. The van der Waals surface area contributed by atoms with Gasteiger partial charge in [0.1, 0.15) is 0 Å². The predicted molar refractivity (Wildman–Crippen MR) is 42.0 cm³/mol. The lowest BCUT2D eigenvalue weighted by Crippen LogP contribution is -2.14. The molecule has 1 aromatic rings. The zero-order valence-electron chi connectivity index (χ0n) is 7.55. The molecule has 0 aliphatic rings. The van der Waals surface area contributed by atoms with Gasteiger partial charge in [0.25, 0.3) is 5.95 Å². The second-order valence-corrected chi connectivity index (χ2v) is 2.35. The summed E-state index contributed by atoms with van der Waals surface area (Å²) in [5.41, 5.74) is 0. The minimum atomic E-state index is -4.62. The topological polar surface area (TPSA) is 79.9 Å².